The van der Waals surface area contributed by atoms with Crippen LogP contribution in [0.4, 0.5) is 8.78 Å². The summed E-state index contributed by atoms with van der Waals surface area (Å²) in [6, 6.07) is 10.9. The molecule has 3 nitrogen and oxygen atoms in total. The zero-order valence-electron chi connectivity index (χ0n) is 14.3. The monoisotopic (exact) mass is 343 g/mol. The van der Waals surface area contributed by atoms with E-state index in [9.17, 15) is 13.9 Å². The number of pyridine rings is 1. The van der Waals surface area contributed by atoms with Gasteiger partial charge in [-0.1, -0.05) is 32.0 Å². The van der Waals surface area contributed by atoms with Gasteiger partial charge in [-0.3, -0.25) is 0 Å². The molecule has 0 atom stereocenters. The highest BCUT2D eigenvalue weighted by Gasteiger charge is 2.28. The minimum Gasteiger partial charge on any atom is -0.455 e. The van der Waals surface area contributed by atoms with Gasteiger partial charge in [-0.15, -0.1) is 0 Å². The summed E-state index contributed by atoms with van der Waals surface area (Å²) in [6.07, 6.45) is 0. The van der Waals surface area contributed by atoms with Gasteiger partial charge in [0.1, 0.15) is 28.7 Å². The second-order valence-electron chi connectivity index (χ2n) is 6.64. The molecule has 0 aliphatic carbocycles. The molecule has 25 heavy (non-hydrogen) atoms. The molecule has 1 N–H and O–H groups in total. The average molecular weight is 343 g/mol. The number of para-hydroxylation sites is 1. The first-order valence-electron chi connectivity index (χ1n) is 7.97. The Labute approximate surface area is 144 Å². The summed E-state index contributed by atoms with van der Waals surface area (Å²) >= 11 is 0. The maximum absolute atomic E-state index is 14.4. The summed E-state index contributed by atoms with van der Waals surface area (Å²) in [6.45, 7) is 4.94. The van der Waals surface area contributed by atoms with Gasteiger partial charge in [-0.25, -0.2) is 13.8 Å². The summed E-state index contributed by atoms with van der Waals surface area (Å²) in [5.41, 5.74) is 0.235. The van der Waals surface area contributed by atoms with E-state index in [4.69, 9.17) is 4.74 Å². The van der Waals surface area contributed by atoms with Crippen molar-refractivity contribution in [3.8, 4) is 11.5 Å². The molecule has 3 aromatic rings. The zero-order chi connectivity index (χ0) is 18.2. The van der Waals surface area contributed by atoms with E-state index in [2.05, 4.69) is 4.98 Å². The molecule has 2 aromatic carbocycles. The minimum absolute atomic E-state index is 0.232. The Kier molecular flexibility index (Phi) is 4.43. The fourth-order valence-corrected chi connectivity index (χ4v) is 2.78. The number of hydrogen-bond donors (Lipinski definition) is 1. The third-order valence-electron chi connectivity index (χ3n) is 4.21. The summed E-state index contributed by atoms with van der Waals surface area (Å²) in [5.74, 6) is -0.132. The number of aliphatic hydroxyl groups is 1. The predicted molar refractivity (Wildman–Crippen MR) is 93.0 cm³/mol. The highest BCUT2D eigenvalue weighted by Crippen LogP contribution is 2.37. The number of rotatable bonds is 4. The maximum atomic E-state index is 14.4. The van der Waals surface area contributed by atoms with Gasteiger partial charge >= 0.3 is 0 Å². The van der Waals surface area contributed by atoms with Crippen molar-refractivity contribution in [3.05, 3.63) is 65.4 Å². The van der Waals surface area contributed by atoms with Crippen molar-refractivity contribution in [1.82, 2.24) is 4.98 Å². The van der Waals surface area contributed by atoms with Crippen LogP contribution in [0.3, 0.4) is 0 Å². The molecular formula is C20H19F2NO2. The van der Waals surface area contributed by atoms with Gasteiger partial charge in [-0.05, 0) is 31.2 Å². The summed E-state index contributed by atoms with van der Waals surface area (Å²) in [7, 11) is 0. The van der Waals surface area contributed by atoms with Crippen LogP contribution in [-0.2, 0) is 5.41 Å². The summed E-state index contributed by atoms with van der Waals surface area (Å²) < 4.78 is 34.2. The molecule has 0 aliphatic heterocycles. The van der Waals surface area contributed by atoms with E-state index in [1.54, 1.807) is 51.1 Å². The van der Waals surface area contributed by atoms with Gasteiger partial charge in [-0.2, -0.15) is 0 Å². The third-order valence-corrected chi connectivity index (χ3v) is 4.21. The fourth-order valence-electron chi connectivity index (χ4n) is 2.78. The molecule has 3 rings (SSSR count). The van der Waals surface area contributed by atoms with E-state index in [0.717, 1.165) is 0 Å². The Morgan fingerprint density at radius 3 is 2.44 bits per heavy atom. The van der Waals surface area contributed by atoms with Crippen molar-refractivity contribution in [2.24, 2.45) is 0 Å². The van der Waals surface area contributed by atoms with E-state index in [0.29, 0.717) is 22.6 Å². The quantitative estimate of drug-likeness (QED) is 0.734. The number of hydrogen-bond acceptors (Lipinski definition) is 3. The normalized spacial score (nSPS) is 11.8. The van der Waals surface area contributed by atoms with Crippen LogP contribution in [0, 0.1) is 18.6 Å². The van der Waals surface area contributed by atoms with Crippen molar-refractivity contribution in [2.45, 2.75) is 26.2 Å². The van der Waals surface area contributed by atoms with Crippen molar-refractivity contribution >= 4 is 10.9 Å². The van der Waals surface area contributed by atoms with Gasteiger partial charge in [0.2, 0.25) is 0 Å². The lowest BCUT2D eigenvalue weighted by molar-refractivity contribution is 0.212. The zero-order valence-corrected chi connectivity index (χ0v) is 14.3. The first-order valence-corrected chi connectivity index (χ1v) is 7.97. The largest absolute Gasteiger partial charge is 0.455 e. The molecule has 130 valence electrons. The molecule has 0 unspecified atom stereocenters. The average Bonchev–Trinajstić information content (AvgIpc) is 2.56. The van der Waals surface area contributed by atoms with Gasteiger partial charge in [0.25, 0.3) is 0 Å². The second kappa shape index (κ2) is 6.41. The van der Waals surface area contributed by atoms with Crippen LogP contribution < -0.4 is 4.74 Å². The molecule has 0 radical (unpaired) electrons. The number of fused-ring (bicyclic) bond motifs is 1. The number of ether oxygens (including phenoxy) is 1. The van der Waals surface area contributed by atoms with Crippen molar-refractivity contribution < 1.29 is 18.6 Å². The molecule has 0 saturated heterocycles. The van der Waals surface area contributed by atoms with Crippen LogP contribution in [0.15, 0.2) is 42.5 Å². The highest BCUT2D eigenvalue weighted by molar-refractivity contribution is 5.81. The van der Waals surface area contributed by atoms with Crippen molar-refractivity contribution in [1.29, 1.82) is 0 Å². The lowest BCUT2D eigenvalue weighted by Gasteiger charge is -2.25. The summed E-state index contributed by atoms with van der Waals surface area (Å²) in [4.78, 5) is 4.26. The molecule has 0 bridgehead atoms. The van der Waals surface area contributed by atoms with Crippen molar-refractivity contribution in [3.63, 3.8) is 0 Å². The van der Waals surface area contributed by atoms with E-state index in [-0.39, 0.29) is 17.7 Å². The first-order chi connectivity index (χ1) is 11.8. The van der Waals surface area contributed by atoms with E-state index >= 15 is 0 Å². The Balaban J connectivity index is 2.11. The number of nitrogens with zero attached hydrogens (tertiary/aromatic N) is 1. The van der Waals surface area contributed by atoms with Crippen molar-refractivity contribution in [2.75, 3.05) is 6.61 Å². The third kappa shape index (κ3) is 3.20. The lowest BCUT2D eigenvalue weighted by atomic mass is 9.84. The molecule has 1 heterocycles. The second-order valence-corrected chi connectivity index (χ2v) is 6.64. The lowest BCUT2D eigenvalue weighted by Crippen LogP contribution is -2.24. The topological polar surface area (TPSA) is 42.4 Å². The smallest absolute Gasteiger partial charge is 0.149 e. The molecule has 1 aromatic heterocycles. The number of aromatic nitrogens is 1. The number of benzene rings is 2. The maximum Gasteiger partial charge on any atom is 0.149 e. The van der Waals surface area contributed by atoms with E-state index in [1.807, 2.05) is 0 Å². The van der Waals surface area contributed by atoms with Gasteiger partial charge in [0, 0.05) is 16.4 Å². The van der Waals surface area contributed by atoms with Crippen LogP contribution in [0.2, 0.25) is 0 Å². The highest BCUT2D eigenvalue weighted by atomic mass is 19.1. The van der Waals surface area contributed by atoms with Crippen LogP contribution in [0.1, 0.15) is 25.1 Å². The van der Waals surface area contributed by atoms with Gasteiger partial charge < -0.3 is 9.84 Å². The van der Waals surface area contributed by atoms with Gasteiger partial charge in [0.05, 0.1) is 12.3 Å². The fraction of sp³-hybridized carbons (Fsp3) is 0.250. The summed E-state index contributed by atoms with van der Waals surface area (Å²) in [5, 5.41) is 10.2. The van der Waals surface area contributed by atoms with Crippen LogP contribution >= 0.6 is 0 Å². The molecular weight excluding hydrogens is 324 g/mol. The molecule has 0 aliphatic rings. The molecule has 0 spiro atoms. The van der Waals surface area contributed by atoms with Crippen LogP contribution in [0.5, 0.6) is 11.5 Å². The SMILES string of the molecule is Cc1nc2c(F)cccc2cc1Oc1cccc(F)c1C(C)(C)CO. The van der Waals surface area contributed by atoms with Crippen LogP contribution in [0.25, 0.3) is 10.9 Å². The Hall–Kier alpha value is -2.53. The Morgan fingerprint density at radius 1 is 1.04 bits per heavy atom. The Bertz CT molecular complexity index is 938. The Morgan fingerprint density at radius 2 is 1.72 bits per heavy atom. The van der Waals surface area contributed by atoms with Gasteiger partial charge in [0.15, 0.2) is 0 Å². The first kappa shape index (κ1) is 17.3. The standard InChI is InChI=1S/C20H19F2NO2/c1-12-17(10-13-6-4-8-15(22)19(13)23-12)25-16-9-5-7-14(21)18(16)20(2,3)11-24/h4-10,24H,11H2,1-3H3. The molecule has 0 amide bonds. The van der Waals surface area contributed by atoms with E-state index in [1.165, 1.54) is 12.1 Å². The number of aryl methyl sites for hydroxylation is 1. The molecule has 0 saturated carbocycles. The molecule has 0 fully saturated rings. The van der Waals surface area contributed by atoms with E-state index < -0.39 is 17.0 Å². The number of halogens is 2. The van der Waals surface area contributed by atoms with Crippen LogP contribution in [-0.4, -0.2) is 16.7 Å². The molecule has 5 heteroatoms. The minimum atomic E-state index is -0.815. The predicted octanol–water partition coefficient (Wildman–Crippen LogP) is 4.88. The number of aliphatic hydroxyl groups excluding tert-OH is 1.